The summed E-state index contributed by atoms with van der Waals surface area (Å²) in [6.07, 6.45) is 2.92. The number of nitrogens with one attached hydrogen (secondary N) is 4. The van der Waals surface area contributed by atoms with Crippen molar-refractivity contribution in [3.63, 3.8) is 0 Å². The molecule has 112 valence electrons. The first-order valence-electron chi connectivity index (χ1n) is 6.18. The quantitative estimate of drug-likeness (QED) is 0.259. The third-order valence-electron chi connectivity index (χ3n) is 2.88. The molecule has 4 aromatic rings. The van der Waals surface area contributed by atoms with Crippen LogP contribution in [-0.2, 0) is 0 Å². The summed E-state index contributed by atoms with van der Waals surface area (Å²) in [6, 6.07) is 3.26. The lowest BCUT2D eigenvalue weighted by Crippen LogP contribution is -2.08. The van der Waals surface area contributed by atoms with Gasteiger partial charge in [-0.3, -0.25) is 9.59 Å². The van der Waals surface area contributed by atoms with E-state index in [0.29, 0.717) is 33.7 Å². The lowest BCUT2D eigenvalue weighted by atomic mass is 10.4. The molecule has 0 amide bonds. The zero-order chi connectivity index (χ0) is 15.7. The lowest BCUT2D eigenvalue weighted by molar-refractivity contribution is 1.26. The van der Waals surface area contributed by atoms with Crippen LogP contribution in [0.2, 0.25) is 0 Å². The first kappa shape index (κ1) is 13.4. The predicted octanol–water partition coefficient (Wildman–Crippen LogP) is -0.333. The van der Waals surface area contributed by atoms with Crippen LogP contribution in [0.3, 0.4) is 0 Å². The SMILES string of the molecule is Nc1cc2[nH]cnc2c(=O)[nH]1.Nc1cc2[nH]cnc2c(=O)[nH]1. The molecule has 4 aromatic heterocycles. The molecule has 0 saturated heterocycles. The number of aromatic amines is 4. The van der Waals surface area contributed by atoms with Crippen LogP contribution in [0.15, 0.2) is 34.4 Å². The smallest absolute Gasteiger partial charge is 0.277 e. The van der Waals surface area contributed by atoms with E-state index in [1.165, 1.54) is 12.7 Å². The summed E-state index contributed by atoms with van der Waals surface area (Å²) in [7, 11) is 0. The second-order valence-electron chi connectivity index (χ2n) is 4.44. The topological polar surface area (TPSA) is 175 Å². The number of nitrogens with zero attached hydrogens (tertiary/aromatic N) is 2. The molecule has 4 heterocycles. The van der Waals surface area contributed by atoms with Crippen molar-refractivity contribution in [1.82, 2.24) is 29.9 Å². The van der Waals surface area contributed by atoms with Crippen LogP contribution in [0.1, 0.15) is 0 Å². The highest BCUT2D eigenvalue weighted by Crippen LogP contribution is 2.05. The number of hydrogen-bond acceptors (Lipinski definition) is 6. The molecule has 10 nitrogen and oxygen atoms in total. The normalized spacial score (nSPS) is 10.5. The van der Waals surface area contributed by atoms with Crippen LogP contribution in [0.4, 0.5) is 11.6 Å². The van der Waals surface area contributed by atoms with E-state index in [-0.39, 0.29) is 11.1 Å². The summed E-state index contributed by atoms with van der Waals surface area (Å²) in [5.74, 6) is 0.679. The third-order valence-corrected chi connectivity index (χ3v) is 2.88. The molecule has 0 radical (unpaired) electrons. The number of aromatic nitrogens is 6. The average Bonchev–Trinajstić information content (AvgIpc) is 3.07. The first-order chi connectivity index (χ1) is 10.5. The van der Waals surface area contributed by atoms with E-state index in [1.54, 1.807) is 12.1 Å². The number of nitrogens with two attached hydrogens (primary N) is 2. The Bertz CT molecular complexity index is 968. The highest BCUT2D eigenvalue weighted by Gasteiger charge is 2.01. The zero-order valence-electron chi connectivity index (χ0n) is 11.2. The van der Waals surface area contributed by atoms with Crippen LogP contribution in [0.25, 0.3) is 22.1 Å². The van der Waals surface area contributed by atoms with E-state index in [4.69, 9.17) is 11.5 Å². The fraction of sp³-hybridized carbons (Fsp3) is 0. The van der Waals surface area contributed by atoms with Crippen molar-refractivity contribution in [3.8, 4) is 0 Å². The average molecular weight is 300 g/mol. The standard InChI is InChI=1S/2C6H6N4O/c2*7-4-1-3-5(6(11)10-4)9-2-8-3/h2*1-2H,(H,8,9)(H3,7,10,11). The minimum atomic E-state index is -0.263. The van der Waals surface area contributed by atoms with Gasteiger partial charge in [0.25, 0.3) is 11.1 Å². The van der Waals surface area contributed by atoms with Gasteiger partial charge in [0.05, 0.1) is 23.7 Å². The highest BCUT2D eigenvalue weighted by atomic mass is 16.1. The molecule has 0 aliphatic carbocycles. The van der Waals surface area contributed by atoms with Gasteiger partial charge in [0.2, 0.25) is 0 Å². The van der Waals surface area contributed by atoms with Crippen molar-refractivity contribution < 1.29 is 0 Å². The van der Waals surface area contributed by atoms with Gasteiger partial charge < -0.3 is 31.4 Å². The van der Waals surface area contributed by atoms with E-state index in [1.807, 2.05) is 0 Å². The summed E-state index contributed by atoms with van der Waals surface area (Å²) < 4.78 is 0. The Balaban J connectivity index is 0.000000131. The van der Waals surface area contributed by atoms with E-state index < -0.39 is 0 Å². The van der Waals surface area contributed by atoms with E-state index in [9.17, 15) is 9.59 Å². The maximum Gasteiger partial charge on any atom is 0.277 e. The Morgan fingerprint density at radius 3 is 1.59 bits per heavy atom. The van der Waals surface area contributed by atoms with Gasteiger partial charge in [-0.2, -0.15) is 0 Å². The van der Waals surface area contributed by atoms with Crippen molar-refractivity contribution in [1.29, 1.82) is 0 Å². The molecular weight excluding hydrogens is 288 g/mol. The Labute approximate surface area is 121 Å². The maximum atomic E-state index is 11.0. The second-order valence-corrected chi connectivity index (χ2v) is 4.44. The Hall–Kier alpha value is -3.56. The van der Waals surface area contributed by atoms with Crippen molar-refractivity contribution in [3.05, 3.63) is 45.5 Å². The summed E-state index contributed by atoms with van der Waals surface area (Å²) >= 11 is 0. The van der Waals surface area contributed by atoms with Gasteiger partial charge in [-0.25, -0.2) is 9.97 Å². The summed E-state index contributed by atoms with van der Waals surface area (Å²) in [4.78, 5) is 40.2. The minimum Gasteiger partial charge on any atom is -0.385 e. The zero-order valence-corrected chi connectivity index (χ0v) is 11.2. The molecule has 0 atom stereocenters. The van der Waals surface area contributed by atoms with Crippen LogP contribution >= 0.6 is 0 Å². The van der Waals surface area contributed by atoms with Crippen molar-refractivity contribution in [2.75, 3.05) is 11.5 Å². The van der Waals surface area contributed by atoms with Crippen LogP contribution in [0.5, 0.6) is 0 Å². The monoisotopic (exact) mass is 300 g/mol. The summed E-state index contributed by atoms with van der Waals surface area (Å²) in [5, 5.41) is 0. The van der Waals surface area contributed by atoms with E-state index in [0.717, 1.165) is 0 Å². The molecule has 0 fully saturated rings. The molecule has 0 aromatic carbocycles. The molecule has 0 spiro atoms. The predicted molar refractivity (Wildman–Crippen MR) is 82.3 cm³/mol. The highest BCUT2D eigenvalue weighted by molar-refractivity contribution is 5.76. The number of fused-ring (bicyclic) bond motifs is 2. The van der Waals surface area contributed by atoms with Gasteiger partial charge in [-0.15, -0.1) is 0 Å². The number of nitrogen functional groups attached to an aromatic ring is 2. The Kier molecular flexibility index (Phi) is 3.10. The molecule has 4 rings (SSSR count). The third kappa shape index (κ3) is 2.40. The molecule has 0 unspecified atom stereocenters. The van der Waals surface area contributed by atoms with Crippen LogP contribution in [-0.4, -0.2) is 29.9 Å². The van der Waals surface area contributed by atoms with Gasteiger partial charge in [0.15, 0.2) is 11.0 Å². The first-order valence-corrected chi connectivity index (χ1v) is 6.18. The van der Waals surface area contributed by atoms with Gasteiger partial charge >= 0.3 is 0 Å². The van der Waals surface area contributed by atoms with Gasteiger partial charge in [-0.05, 0) is 0 Å². The fourth-order valence-corrected chi connectivity index (χ4v) is 1.95. The largest absolute Gasteiger partial charge is 0.385 e. The van der Waals surface area contributed by atoms with Crippen LogP contribution < -0.4 is 22.6 Å². The van der Waals surface area contributed by atoms with Crippen molar-refractivity contribution in [2.45, 2.75) is 0 Å². The number of anilines is 2. The fourth-order valence-electron chi connectivity index (χ4n) is 1.95. The van der Waals surface area contributed by atoms with E-state index >= 15 is 0 Å². The molecule has 0 bridgehead atoms. The van der Waals surface area contributed by atoms with Crippen molar-refractivity contribution in [2.24, 2.45) is 0 Å². The number of pyridine rings is 2. The number of rotatable bonds is 0. The molecular formula is C12H12N8O2. The molecule has 0 aliphatic heterocycles. The molecule has 22 heavy (non-hydrogen) atoms. The molecule has 10 heteroatoms. The molecule has 0 aliphatic rings. The lowest BCUT2D eigenvalue weighted by Gasteiger charge is -1.90. The Morgan fingerprint density at radius 1 is 0.773 bits per heavy atom. The van der Waals surface area contributed by atoms with Gasteiger partial charge in [-0.1, -0.05) is 0 Å². The number of imidazole rings is 2. The molecule has 8 N–H and O–H groups in total. The molecule has 0 saturated carbocycles. The number of hydrogen-bond donors (Lipinski definition) is 6. The minimum absolute atomic E-state index is 0.263. The summed E-state index contributed by atoms with van der Waals surface area (Å²) in [5.41, 5.74) is 12.3. The summed E-state index contributed by atoms with van der Waals surface area (Å²) in [6.45, 7) is 0. The van der Waals surface area contributed by atoms with Gasteiger partial charge in [0.1, 0.15) is 11.6 Å². The number of H-pyrrole nitrogens is 4. The Morgan fingerprint density at radius 2 is 1.18 bits per heavy atom. The van der Waals surface area contributed by atoms with E-state index in [2.05, 4.69) is 29.9 Å². The maximum absolute atomic E-state index is 11.0. The van der Waals surface area contributed by atoms with Gasteiger partial charge in [0, 0.05) is 12.1 Å². The van der Waals surface area contributed by atoms with Crippen molar-refractivity contribution >= 4 is 33.7 Å². The van der Waals surface area contributed by atoms with Crippen LogP contribution in [0, 0.1) is 0 Å². The second kappa shape index (κ2) is 5.09.